The Balaban J connectivity index is 1.69. The summed E-state index contributed by atoms with van der Waals surface area (Å²) in [7, 11) is 1.76. The van der Waals surface area contributed by atoms with E-state index in [0.29, 0.717) is 40.7 Å². The fourth-order valence-electron chi connectivity index (χ4n) is 4.16. The predicted molar refractivity (Wildman–Crippen MR) is 121 cm³/mol. The van der Waals surface area contributed by atoms with E-state index in [1.54, 1.807) is 26.4 Å². The number of halogens is 1. The fourth-order valence-corrected chi connectivity index (χ4v) is 4.16. The monoisotopic (exact) mass is 427 g/mol. The fraction of sp³-hybridized carbons (Fsp3) is 0.130. The zero-order valence-corrected chi connectivity index (χ0v) is 17.3. The van der Waals surface area contributed by atoms with Gasteiger partial charge >= 0.3 is 6.01 Å². The number of nitrogens with one attached hydrogen (secondary N) is 3. The van der Waals surface area contributed by atoms with E-state index < -0.39 is 0 Å². The average Bonchev–Trinajstić information content (AvgIpc) is 3.17. The average molecular weight is 427 g/mol. The van der Waals surface area contributed by atoms with Crippen LogP contribution in [0.2, 0.25) is 0 Å². The number of aryl methyl sites for hydroxylation is 1. The minimum absolute atomic E-state index is 0.148. The molecule has 0 aliphatic carbocycles. The van der Waals surface area contributed by atoms with Crippen molar-refractivity contribution >= 4 is 33.3 Å². The first-order valence-corrected chi connectivity index (χ1v) is 10.1. The third kappa shape index (κ3) is 2.74. The van der Waals surface area contributed by atoms with Crippen LogP contribution in [0.25, 0.3) is 33.2 Å². The molecule has 4 heterocycles. The van der Waals surface area contributed by atoms with Gasteiger partial charge in [-0.15, -0.1) is 0 Å². The summed E-state index contributed by atoms with van der Waals surface area (Å²) in [6, 6.07) is 9.45. The Kier molecular flexibility index (Phi) is 3.97. The lowest BCUT2D eigenvalue weighted by Crippen LogP contribution is -2.07. The molecule has 32 heavy (non-hydrogen) atoms. The zero-order valence-electron chi connectivity index (χ0n) is 17.3. The van der Waals surface area contributed by atoms with Gasteiger partial charge in [0.05, 0.1) is 34.7 Å². The first-order chi connectivity index (χ1) is 15.6. The summed E-state index contributed by atoms with van der Waals surface area (Å²) in [5.74, 6) is 0.775. The summed E-state index contributed by atoms with van der Waals surface area (Å²) in [5, 5.41) is 7.94. The van der Waals surface area contributed by atoms with Gasteiger partial charge in [-0.05, 0) is 19.1 Å². The molecule has 2 aromatic carbocycles. The maximum atomic E-state index is 15.1. The third-order valence-corrected chi connectivity index (χ3v) is 5.64. The number of aromatic amines is 1. The third-order valence-electron chi connectivity index (χ3n) is 5.64. The molecule has 0 spiro atoms. The molecule has 6 rings (SSSR count). The maximum Gasteiger partial charge on any atom is 0.324 e. The van der Waals surface area contributed by atoms with Crippen LogP contribution in [0.1, 0.15) is 11.4 Å². The van der Waals surface area contributed by atoms with E-state index in [0.717, 1.165) is 27.5 Å². The van der Waals surface area contributed by atoms with Gasteiger partial charge in [-0.3, -0.25) is 0 Å². The Morgan fingerprint density at radius 3 is 2.72 bits per heavy atom. The summed E-state index contributed by atoms with van der Waals surface area (Å²) in [6.07, 6.45) is 3.15. The summed E-state index contributed by atoms with van der Waals surface area (Å²) >= 11 is 0. The Labute approximate surface area is 181 Å². The molecule has 9 heteroatoms. The molecule has 158 valence electrons. The van der Waals surface area contributed by atoms with Crippen LogP contribution in [-0.2, 0) is 6.54 Å². The maximum absolute atomic E-state index is 15.1. The van der Waals surface area contributed by atoms with Crippen molar-refractivity contribution in [3.63, 3.8) is 0 Å². The minimum atomic E-state index is -0.294. The molecule has 0 saturated carbocycles. The number of ether oxygens (including phenoxy) is 1. The highest BCUT2D eigenvalue weighted by atomic mass is 19.1. The van der Waals surface area contributed by atoms with Gasteiger partial charge in [-0.1, -0.05) is 18.2 Å². The van der Waals surface area contributed by atoms with Crippen molar-refractivity contribution in [2.45, 2.75) is 13.5 Å². The number of nitrogens with zero attached hydrogens (tertiary/aromatic N) is 4. The smallest absolute Gasteiger partial charge is 0.324 e. The SMILES string of the molecule is CNc1cc(F)c2c3c1[nH]c1nc(Oc4cnc(C)nc4)nc(c13)-c1ccccc1NC2. The number of benzene rings is 2. The second-order valence-electron chi connectivity index (χ2n) is 7.56. The Bertz CT molecular complexity index is 1510. The van der Waals surface area contributed by atoms with E-state index in [-0.39, 0.29) is 11.8 Å². The van der Waals surface area contributed by atoms with Crippen LogP contribution in [0.3, 0.4) is 0 Å². The van der Waals surface area contributed by atoms with E-state index in [9.17, 15) is 0 Å². The van der Waals surface area contributed by atoms with Gasteiger partial charge in [-0.2, -0.15) is 9.97 Å². The zero-order chi connectivity index (χ0) is 21.8. The quantitative estimate of drug-likeness (QED) is 0.381. The van der Waals surface area contributed by atoms with Crippen LogP contribution >= 0.6 is 0 Å². The van der Waals surface area contributed by atoms with E-state index in [1.807, 2.05) is 24.3 Å². The lowest BCUT2D eigenvalue weighted by atomic mass is 9.98. The largest absolute Gasteiger partial charge is 0.421 e. The number of hydrogen-bond acceptors (Lipinski definition) is 7. The van der Waals surface area contributed by atoms with Crippen LogP contribution in [0.4, 0.5) is 15.8 Å². The van der Waals surface area contributed by atoms with Gasteiger partial charge < -0.3 is 20.4 Å². The highest BCUT2D eigenvalue weighted by Gasteiger charge is 2.25. The molecule has 0 atom stereocenters. The van der Waals surface area contributed by atoms with Crippen LogP contribution in [0, 0.1) is 12.7 Å². The second-order valence-corrected chi connectivity index (χ2v) is 7.56. The summed E-state index contributed by atoms with van der Waals surface area (Å²) in [5.41, 5.74) is 4.93. The molecule has 0 fully saturated rings. The highest BCUT2D eigenvalue weighted by Crippen LogP contribution is 2.43. The van der Waals surface area contributed by atoms with Crippen molar-refractivity contribution in [2.75, 3.05) is 17.7 Å². The van der Waals surface area contributed by atoms with Crippen LogP contribution in [0.15, 0.2) is 42.7 Å². The Morgan fingerprint density at radius 1 is 1.09 bits per heavy atom. The van der Waals surface area contributed by atoms with Gasteiger partial charge in [0.2, 0.25) is 0 Å². The molecule has 1 aliphatic heterocycles. The highest BCUT2D eigenvalue weighted by molar-refractivity contribution is 6.17. The number of fused-ring (bicyclic) bond motifs is 2. The van der Waals surface area contributed by atoms with Crippen molar-refractivity contribution in [1.29, 1.82) is 0 Å². The first-order valence-electron chi connectivity index (χ1n) is 10.1. The van der Waals surface area contributed by atoms with Crippen molar-refractivity contribution in [1.82, 2.24) is 24.9 Å². The predicted octanol–water partition coefficient (Wildman–Crippen LogP) is 4.78. The molecule has 0 radical (unpaired) electrons. The molecule has 8 nitrogen and oxygen atoms in total. The van der Waals surface area contributed by atoms with Crippen LogP contribution < -0.4 is 15.4 Å². The number of hydrogen-bond donors (Lipinski definition) is 3. The van der Waals surface area contributed by atoms with Crippen molar-refractivity contribution in [2.24, 2.45) is 0 Å². The van der Waals surface area contributed by atoms with Crippen molar-refractivity contribution < 1.29 is 9.13 Å². The topological polar surface area (TPSA) is 101 Å². The van der Waals surface area contributed by atoms with Gasteiger partial charge in [0.25, 0.3) is 0 Å². The summed E-state index contributed by atoms with van der Waals surface area (Å²) in [6.45, 7) is 2.14. The minimum Gasteiger partial charge on any atom is -0.421 e. The van der Waals surface area contributed by atoms with Crippen molar-refractivity contribution in [3.05, 3.63) is 59.9 Å². The first kappa shape index (κ1) is 18.5. The molecule has 3 aromatic heterocycles. The molecule has 3 N–H and O–H groups in total. The molecule has 0 unspecified atom stereocenters. The number of para-hydroxylation sites is 1. The lowest BCUT2D eigenvalue weighted by molar-refractivity contribution is 0.440. The number of rotatable bonds is 3. The lowest BCUT2D eigenvalue weighted by Gasteiger charge is -2.18. The van der Waals surface area contributed by atoms with Crippen molar-refractivity contribution in [3.8, 4) is 23.0 Å². The summed E-state index contributed by atoms with van der Waals surface area (Å²) < 4.78 is 21.0. The second kappa shape index (κ2) is 6.88. The van der Waals surface area contributed by atoms with E-state index in [1.165, 1.54) is 6.07 Å². The van der Waals surface area contributed by atoms with Gasteiger partial charge in [0.1, 0.15) is 17.3 Å². The van der Waals surface area contributed by atoms with E-state index >= 15 is 4.39 Å². The van der Waals surface area contributed by atoms with Gasteiger partial charge in [-0.25, -0.2) is 14.4 Å². The molecule has 0 saturated heterocycles. The van der Waals surface area contributed by atoms with Crippen LogP contribution in [0.5, 0.6) is 11.8 Å². The number of H-pyrrole nitrogens is 1. The number of anilines is 2. The Hall–Kier alpha value is -4.27. The molecular weight excluding hydrogens is 409 g/mol. The molecule has 1 aliphatic rings. The van der Waals surface area contributed by atoms with Gasteiger partial charge in [0, 0.05) is 35.8 Å². The molecule has 5 aromatic rings. The summed E-state index contributed by atoms with van der Waals surface area (Å²) in [4.78, 5) is 21.0. The van der Waals surface area contributed by atoms with Crippen LogP contribution in [-0.4, -0.2) is 32.0 Å². The Morgan fingerprint density at radius 2 is 1.91 bits per heavy atom. The number of aromatic nitrogens is 5. The van der Waals surface area contributed by atoms with E-state index in [4.69, 9.17) is 9.72 Å². The van der Waals surface area contributed by atoms with Gasteiger partial charge in [0.15, 0.2) is 5.75 Å². The molecule has 0 bridgehead atoms. The normalized spacial score (nSPS) is 12.3. The molecule has 0 amide bonds. The standard InChI is InChI=1S/C23H18FN7O/c1-11-26-8-12(9-27-11)32-23-30-20-13-5-3-4-6-16(13)28-10-14-15(24)7-17(25-2)21-18(14)19(20)22(29-21)31-23/h3-9,25,28H,10H2,1-2H3,(H,29,30,31). The van der Waals surface area contributed by atoms with E-state index in [2.05, 4.69) is 30.6 Å². The molecular formula is C23H18FN7O.